The number of hydrogen-bond acceptors (Lipinski definition) is 9. The molecule has 37 heavy (non-hydrogen) atoms. The lowest BCUT2D eigenvalue weighted by molar-refractivity contribution is 0.176. The van der Waals surface area contributed by atoms with Crippen LogP contribution in [0.1, 0.15) is 42.7 Å². The molecule has 2 amide bonds. The number of nitrogens with zero attached hydrogens (tertiary/aromatic N) is 8. The van der Waals surface area contributed by atoms with Crippen molar-refractivity contribution in [3.05, 3.63) is 35.1 Å². The van der Waals surface area contributed by atoms with Crippen molar-refractivity contribution in [2.24, 2.45) is 0 Å². The van der Waals surface area contributed by atoms with E-state index in [2.05, 4.69) is 39.2 Å². The zero-order chi connectivity index (χ0) is 25.8. The van der Waals surface area contributed by atoms with E-state index in [1.54, 1.807) is 25.2 Å². The Morgan fingerprint density at radius 2 is 2.03 bits per heavy atom. The number of carbonyl (C=O) groups is 1. The van der Waals surface area contributed by atoms with Crippen molar-refractivity contribution in [3.63, 3.8) is 0 Å². The smallest absolute Gasteiger partial charge is 0.319 e. The average molecular weight is 532 g/mol. The van der Waals surface area contributed by atoms with E-state index >= 15 is 0 Å². The number of rotatable bonds is 6. The van der Waals surface area contributed by atoms with Crippen molar-refractivity contribution in [1.29, 1.82) is 10.5 Å². The molecule has 0 bridgehead atoms. The van der Waals surface area contributed by atoms with Gasteiger partial charge in [0.15, 0.2) is 5.01 Å². The zero-order valence-corrected chi connectivity index (χ0v) is 22.2. The SMILES string of the molecule is CN(C)C(=O)N1CC=C(c2cc(SNC3(C#N)CC3)cn3c(-c4nnc(C5(C#N)CC5)s4)cnc23)CC1. The van der Waals surface area contributed by atoms with E-state index in [0.717, 1.165) is 69.5 Å². The fourth-order valence-corrected chi connectivity index (χ4v) is 6.36. The van der Waals surface area contributed by atoms with Crippen LogP contribution >= 0.6 is 23.3 Å². The number of pyridine rings is 1. The highest BCUT2D eigenvalue weighted by Gasteiger charge is 2.48. The summed E-state index contributed by atoms with van der Waals surface area (Å²) in [5.74, 6) is 0. The first kappa shape index (κ1) is 23.9. The first-order chi connectivity index (χ1) is 17.9. The third-order valence-electron chi connectivity index (χ3n) is 7.13. The molecule has 10 nitrogen and oxygen atoms in total. The molecular formula is C25H25N9OS2. The number of nitrogens with one attached hydrogen (secondary N) is 1. The van der Waals surface area contributed by atoms with Crippen LogP contribution in [0.2, 0.25) is 0 Å². The fourth-order valence-electron chi connectivity index (χ4n) is 4.42. The molecule has 3 aromatic heterocycles. The van der Waals surface area contributed by atoms with Gasteiger partial charge in [-0.2, -0.15) is 10.5 Å². The van der Waals surface area contributed by atoms with E-state index in [1.165, 1.54) is 23.3 Å². The number of carbonyl (C=O) groups excluding carboxylic acids is 1. The molecule has 3 aromatic rings. The molecule has 0 spiro atoms. The molecule has 0 radical (unpaired) electrons. The molecule has 0 aromatic carbocycles. The standard InChI is InChI=1S/C25H25N9OS2/c1-32(2)23(35)33-9-3-16(4-10-33)18-11-17(37-31-25(15-27)7-8-25)13-34-19(12-28-20(18)34)21-29-30-22(36-21)24(14-26)5-6-24/h3,11-13,31H,4-10H2,1-2H3. The predicted octanol–water partition coefficient (Wildman–Crippen LogP) is 3.83. The van der Waals surface area contributed by atoms with Gasteiger partial charge in [-0.1, -0.05) is 17.4 Å². The minimum Gasteiger partial charge on any atom is -0.331 e. The second-order valence-corrected chi connectivity index (χ2v) is 11.9. The summed E-state index contributed by atoms with van der Waals surface area (Å²) >= 11 is 2.90. The largest absolute Gasteiger partial charge is 0.331 e. The number of urea groups is 1. The number of amides is 2. The topological polar surface area (TPSA) is 126 Å². The second kappa shape index (κ2) is 8.84. The van der Waals surface area contributed by atoms with Crippen LogP contribution in [0.5, 0.6) is 0 Å². The molecule has 2 fully saturated rings. The average Bonchev–Trinajstić information content (AvgIpc) is 3.80. The number of nitriles is 2. The Morgan fingerprint density at radius 3 is 2.65 bits per heavy atom. The minimum atomic E-state index is -0.481. The van der Waals surface area contributed by atoms with E-state index in [-0.39, 0.29) is 6.03 Å². The first-order valence-corrected chi connectivity index (χ1v) is 13.8. The Hall–Kier alpha value is -3.45. The van der Waals surface area contributed by atoms with Gasteiger partial charge in [0.2, 0.25) is 0 Å². The van der Waals surface area contributed by atoms with E-state index in [9.17, 15) is 15.3 Å². The molecule has 3 aliphatic rings. The molecule has 6 rings (SSSR count). The summed E-state index contributed by atoms with van der Waals surface area (Å²) in [4.78, 5) is 21.6. The molecule has 2 saturated carbocycles. The Bertz CT molecular complexity index is 1510. The molecule has 0 saturated heterocycles. The molecular weight excluding hydrogens is 506 g/mol. The molecule has 1 aliphatic heterocycles. The van der Waals surface area contributed by atoms with E-state index in [4.69, 9.17) is 4.98 Å². The van der Waals surface area contributed by atoms with Crippen LogP contribution in [0.25, 0.3) is 21.9 Å². The van der Waals surface area contributed by atoms with E-state index in [0.29, 0.717) is 13.1 Å². The van der Waals surface area contributed by atoms with Gasteiger partial charge in [0.05, 0.1) is 18.3 Å². The maximum atomic E-state index is 12.4. The maximum absolute atomic E-state index is 12.4. The summed E-state index contributed by atoms with van der Waals surface area (Å²) in [7, 11) is 3.53. The molecule has 2 aliphatic carbocycles. The van der Waals surface area contributed by atoms with E-state index < -0.39 is 11.0 Å². The quantitative estimate of drug-likeness (QED) is 0.476. The number of imidazole rings is 1. The fraction of sp³-hybridized carbons (Fsp3) is 0.440. The second-order valence-electron chi connectivity index (χ2n) is 10.0. The Morgan fingerprint density at radius 1 is 1.22 bits per heavy atom. The van der Waals surface area contributed by atoms with Gasteiger partial charge in [-0.05, 0) is 55.7 Å². The minimum absolute atomic E-state index is 0.00108. The van der Waals surface area contributed by atoms with Crippen molar-refractivity contribution >= 4 is 40.5 Å². The predicted molar refractivity (Wildman–Crippen MR) is 140 cm³/mol. The van der Waals surface area contributed by atoms with Crippen molar-refractivity contribution in [2.75, 3.05) is 27.2 Å². The highest BCUT2D eigenvalue weighted by atomic mass is 32.2. The monoisotopic (exact) mass is 531 g/mol. The lowest BCUT2D eigenvalue weighted by Gasteiger charge is -2.29. The van der Waals surface area contributed by atoms with Crippen LogP contribution in [-0.4, -0.2) is 68.1 Å². The van der Waals surface area contributed by atoms with Gasteiger partial charge < -0.3 is 9.80 Å². The maximum Gasteiger partial charge on any atom is 0.319 e. The Balaban J connectivity index is 1.38. The Kier molecular flexibility index (Phi) is 5.71. The van der Waals surface area contributed by atoms with Gasteiger partial charge in [0.1, 0.15) is 27.3 Å². The summed E-state index contributed by atoms with van der Waals surface area (Å²) in [5.41, 5.74) is 2.81. The van der Waals surface area contributed by atoms with Crippen LogP contribution in [-0.2, 0) is 5.41 Å². The van der Waals surface area contributed by atoms with Gasteiger partial charge in [-0.25, -0.2) is 14.5 Å². The summed E-state index contributed by atoms with van der Waals surface area (Å²) < 4.78 is 5.37. The highest BCUT2D eigenvalue weighted by molar-refractivity contribution is 7.97. The molecule has 188 valence electrons. The van der Waals surface area contributed by atoms with Crippen LogP contribution < -0.4 is 4.72 Å². The summed E-state index contributed by atoms with van der Waals surface area (Å²) in [6.07, 6.45) is 9.97. The third-order valence-corrected chi connectivity index (χ3v) is 9.24. The Labute approximate surface area is 222 Å². The molecule has 4 heterocycles. The zero-order valence-electron chi connectivity index (χ0n) is 20.6. The van der Waals surface area contributed by atoms with Gasteiger partial charge in [0.25, 0.3) is 0 Å². The summed E-state index contributed by atoms with van der Waals surface area (Å²) in [5, 5.41) is 29.3. The molecule has 12 heteroatoms. The molecule has 0 atom stereocenters. The lowest BCUT2D eigenvalue weighted by atomic mass is 10.0. The summed E-state index contributed by atoms with van der Waals surface area (Å²) in [6.45, 7) is 1.17. The van der Waals surface area contributed by atoms with Crippen LogP contribution in [0.15, 0.2) is 29.4 Å². The number of aromatic nitrogens is 4. The van der Waals surface area contributed by atoms with Crippen LogP contribution in [0, 0.1) is 22.7 Å². The van der Waals surface area contributed by atoms with Crippen LogP contribution in [0.4, 0.5) is 4.79 Å². The highest BCUT2D eigenvalue weighted by Crippen LogP contribution is 2.49. The van der Waals surface area contributed by atoms with E-state index in [1.807, 2.05) is 15.5 Å². The van der Waals surface area contributed by atoms with Crippen molar-refractivity contribution in [2.45, 2.75) is 48.0 Å². The van der Waals surface area contributed by atoms with Gasteiger partial charge >= 0.3 is 6.03 Å². The molecule has 0 unspecified atom stereocenters. The van der Waals surface area contributed by atoms with Crippen molar-refractivity contribution in [1.82, 2.24) is 34.1 Å². The van der Waals surface area contributed by atoms with Crippen molar-refractivity contribution < 1.29 is 4.79 Å². The number of fused-ring (bicyclic) bond motifs is 1. The van der Waals surface area contributed by atoms with Crippen molar-refractivity contribution in [3.8, 4) is 22.8 Å². The number of hydrogen-bond donors (Lipinski definition) is 1. The van der Waals surface area contributed by atoms with Gasteiger partial charge in [-0.3, -0.25) is 4.40 Å². The van der Waals surface area contributed by atoms with Gasteiger partial charge in [-0.15, -0.1) is 10.2 Å². The molecule has 1 N–H and O–H groups in total. The van der Waals surface area contributed by atoms with Crippen LogP contribution in [0.3, 0.4) is 0 Å². The first-order valence-electron chi connectivity index (χ1n) is 12.1. The lowest BCUT2D eigenvalue weighted by Crippen LogP contribution is -2.41. The third kappa shape index (κ3) is 4.25. The summed E-state index contributed by atoms with van der Waals surface area (Å²) in [6, 6.07) is 6.88. The normalized spacial score (nSPS) is 19.1. The van der Waals surface area contributed by atoms with Gasteiger partial charge in [0, 0.05) is 43.8 Å².